The molecular formula is C20H26FIN4O2S. The highest BCUT2D eigenvalue weighted by Gasteiger charge is 2.27. The van der Waals surface area contributed by atoms with Gasteiger partial charge in [0.05, 0.1) is 4.90 Å². The van der Waals surface area contributed by atoms with Gasteiger partial charge in [-0.05, 0) is 48.2 Å². The summed E-state index contributed by atoms with van der Waals surface area (Å²) in [6.45, 7) is 1.10. The SMILES string of the molecule is CN=C(NCc1ccc(S(=O)(=O)NC2CC2)cc1)N(C)Cc1ccc(F)cc1.I. The minimum atomic E-state index is -3.43. The molecule has 0 heterocycles. The highest BCUT2D eigenvalue weighted by molar-refractivity contribution is 14.0. The number of sulfonamides is 1. The number of hydrogen-bond acceptors (Lipinski definition) is 3. The van der Waals surface area contributed by atoms with Gasteiger partial charge in [0.15, 0.2) is 5.96 Å². The predicted octanol–water partition coefficient (Wildman–Crippen LogP) is 3.09. The summed E-state index contributed by atoms with van der Waals surface area (Å²) in [5.41, 5.74) is 1.92. The highest BCUT2D eigenvalue weighted by Crippen LogP contribution is 2.22. The van der Waals surface area contributed by atoms with Crippen molar-refractivity contribution in [3.05, 3.63) is 65.5 Å². The Labute approximate surface area is 188 Å². The van der Waals surface area contributed by atoms with Gasteiger partial charge in [0.25, 0.3) is 0 Å². The Kier molecular flexibility index (Phi) is 8.41. The molecule has 0 aromatic heterocycles. The van der Waals surface area contributed by atoms with Crippen LogP contribution in [0.4, 0.5) is 4.39 Å². The van der Waals surface area contributed by atoms with Crippen LogP contribution in [0, 0.1) is 5.82 Å². The number of rotatable bonds is 7. The molecule has 0 unspecified atom stereocenters. The van der Waals surface area contributed by atoms with Gasteiger partial charge in [-0.25, -0.2) is 17.5 Å². The average Bonchev–Trinajstić information content (AvgIpc) is 3.48. The van der Waals surface area contributed by atoms with Crippen molar-refractivity contribution in [1.82, 2.24) is 14.9 Å². The molecule has 1 fully saturated rings. The van der Waals surface area contributed by atoms with Gasteiger partial charge in [-0.2, -0.15) is 0 Å². The number of nitrogens with one attached hydrogen (secondary N) is 2. The van der Waals surface area contributed by atoms with E-state index in [-0.39, 0.29) is 40.7 Å². The van der Waals surface area contributed by atoms with Crippen LogP contribution in [-0.4, -0.2) is 39.4 Å². The van der Waals surface area contributed by atoms with Gasteiger partial charge in [-0.1, -0.05) is 24.3 Å². The Morgan fingerprint density at radius 2 is 1.69 bits per heavy atom. The van der Waals surface area contributed by atoms with E-state index in [4.69, 9.17) is 0 Å². The summed E-state index contributed by atoms with van der Waals surface area (Å²) in [5, 5.41) is 3.25. The van der Waals surface area contributed by atoms with Crippen LogP contribution in [0.2, 0.25) is 0 Å². The standard InChI is InChI=1S/C20H25FN4O2S.HI/c1-22-20(25(2)14-16-3-7-17(21)8-4-16)23-13-15-5-11-19(12-6-15)28(26,27)24-18-9-10-18;/h3-8,11-12,18,24H,9-10,13-14H2,1-2H3,(H,22,23);1H. The van der Waals surface area contributed by atoms with Crippen molar-refractivity contribution >= 4 is 40.0 Å². The molecule has 6 nitrogen and oxygen atoms in total. The Bertz CT molecular complexity index is 930. The first-order valence-corrected chi connectivity index (χ1v) is 10.6. The van der Waals surface area contributed by atoms with Crippen LogP contribution in [0.25, 0.3) is 0 Å². The molecule has 1 aliphatic rings. The number of nitrogens with zero attached hydrogens (tertiary/aromatic N) is 2. The van der Waals surface area contributed by atoms with Crippen molar-refractivity contribution in [2.75, 3.05) is 14.1 Å². The van der Waals surface area contributed by atoms with Gasteiger partial charge in [0.2, 0.25) is 10.0 Å². The Balaban J connectivity index is 0.00000300. The van der Waals surface area contributed by atoms with E-state index >= 15 is 0 Å². The summed E-state index contributed by atoms with van der Waals surface area (Å²) in [7, 11) is 0.168. The summed E-state index contributed by atoms with van der Waals surface area (Å²) < 4.78 is 40.1. The van der Waals surface area contributed by atoms with E-state index in [1.165, 1.54) is 12.1 Å². The molecule has 0 atom stereocenters. The second-order valence-corrected chi connectivity index (χ2v) is 8.64. The van der Waals surface area contributed by atoms with E-state index in [2.05, 4.69) is 15.0 Å². The largest absolute Gasteiger partial charge is 0.352 e. The lowest BCUT2D eigenvalue weighted by Gasteiger charge is -2.22. The third kappa shape index (κ3) is 6.93. The van der Waals surface area contributed by atoms with E-state index in [9.17, 15) is 12.8 Å². The summed E-state index contributed by atoms with van der Waals surface area (Å²) in [6, 6.07) is 13.3. The first-order chi connectivity index (χ1) is 13.4. The van der Waals surface area contributed by atoms with Crippen molar-refractivity contribution < 1.29 is 12.8 Å². The summed E-state index contributed by atoms with van der Waals surface area (Å²) in [4.78, 5) is 6.48. The Morgan fingerprint density at radius 3 is 2.24 bits per heavy atom. The van der Waals surface area contributed by atoms with Crippen LogP contribution >= 0.6 is 24.0 Å². The zero-order valence-electron chi connectivity index (χ0n) is 16.4. The van der Waals surface area contributed by atoms with Crippen molar-refractivity contribution in [2.45, 2.75) is 36.9 Å². The zero-order chi connectivity index (χ0) is 20.1. The second kappa shape index (κ2) is 10.4. The van der Waals surface area contributed by atoms with Crippen molar-refractivity contribution in [1.29, 1.82) is 0 Å². The number of aliphatic imine (C=N–C) groups is 1. The molecule has 0 saturated heterocycles. The maximum absolute atomic E-state index is 13.0. The summed E-state index contributed by atoms with van der Waals surface area (Å²) >= 11 is 0. The third-order valence-electron chi connectivity index (χ3n) is 4.49. The fourth-order valence-corrected chi connectivity index (χ4v) is 4.08. The topological polar surface area (TPSA) is 73.8 Å². The molecule has 1 aliphatic carbocycles. The zero-order valence-corrected chi connectivity index (χ0v) is 19.6. The van der Waals surface area contributed by atoms with Crippen molar-refractivity contribution in [3.63, 3.8) is 0 Å². The fraction of sp³-hybridized carbons (Fsp3) is 0.350. The minimum Gasteiger partial charge on any atom is -0.352 e. The molecule has 0 bridgehead atoms. The van der Waals surface area contributed by atoms with Gasteiger partial charge < -0.3 is 10.2 Å². The van der Waals surface area contributed by atoms with Crippen molar-refractivity contribution in [2.24, 2.45) is 4.99 Å². The van der Waals surface area contributed by atoms with Crippen LogP contribution < -0.4 is 10.0 Å². The molecule has 29 heavy (non-hydrogen) atoms. The normalized spacial score (nSPS) is 14.2. The quantitative estimate of drug-likeness (QED) is 0.327. The van der Waals surface area contributed by atoms with Gasteiger partial charge in [0, 0.05) is 33.2 Å². The lowest BCUT2D eigenvalue weighted by atomic mass is 10.2. The van der Waals surface area contributed by atoms with E-state index in [0.717, 1.165) is 24.0 Å². The van der Waals surface area contributed by atoms with Crippen LogP contribution in [0.1, 0.15) is 24.0 Å². The molecule has 0 radical (unpaired) electrons. The first kappa shape index (κ1) is 23.6. The summed E-state index contributed by atoms with van der Waals surface area (Å²) in [6.07, 6.45) is 1.82. The van der Waals surface area contributed by atoms with E-state index < -0.39 is 10.0 Å². The fourth-order valence-electron chi connectivity index (χ4n) is 2.78. The van der Waals surface area contributed by atoms with E-state index in [1.54, 1.807) is 43.4 Å². The molecule has 0 amide bonds. The lowest BCUT2D eigenvalue weighted by Crippen LogP contribution is -2.38. The van der Waals surface area contributed by atoms with Crippen LogP contribution in [0.3, 0.4) is 0 Å². The van der Waals surface area contributed by atoms with Crippen molar-refractivity contribution in [3.8, 4) is 0 Å². The van der Waals surface area contributed by atoms with Gasteiger partial charge in [0.1, 0.15) is 5.82 Å². The third-order valence-corrected chi connectivity index (χ3v) is 6.03. The van der Waals surface area contributed by atoms with E-state index in [1.807, 2.05) is 11.9 Å². The van der Waals surface area contributed by atoms with Gasteiger partial charge in [-0.15, -0.1) is 24.0 Å². The lowest BCUT2D eigenvalue weighted by molar-refractivity contribution is 0.476. The molecular weight excluding hydrogens is 506 g/mol. The molecule has 2 aromatic carbocycles. The highest BCUT2D eigenvalue weighted by atomic mass is 127. The van der Waals surface area contributed by atoms with E-state index in [0.29, 0.717) is 19.0 Å². The molecule has 158 valence electrons. The Morgan fingerprint density at radius 1 is 1.10 bits per heavy atom. The van der Waals surface area contributed by atoms with Gasteiger partial charge in [-0.3, -0.25) is 4.99 Å². The molecule has 1 saturated carbocycles. The monoisotopic (exact) mass is 532 g/mol. The van der Waals surface area contributed by atoms with Gasteiger partial charge >= 0.3 is 0 Å². The molecule has 2 aromatic rings. The van der Waals surface area contributed by atoms with Crippen LogP contribution in [-0.2, 0) is 23.1 Å². The van der Waals surface area contributed by atoms with Crippen LogP contribution in [0.5, 0.6) is 0 Å². The maximum Gasteiger partial charge on any atom is 0.240 e. The average molecular weight is 532 g/mol. The van der Waals surface area contributed by atoms with Crippen LogP contribution in [0.15, 0.2) is 58.4 Å². The predicted molar refractivity (Wildman–Crippen MR) is 123 cm³/mol. The molecule has 0 aliphatic heterocycles. The maximum atomic E-state index is 13.0. The first-order valence-electron chi connectivity index (χ1n) is 9.15. The second-order valence-electron chi connectivity index (χ2n) is 6.92. The smallest absolute Gasteiger partial charge is 0.240 e. The number of guanidine groups is 1. The minimum absolute atomic E-state index is 0. The number of hydrogen-bond donors (Lipinski definition) is 2. The number of benzene rings is 2. The Hall–Kier alpha value is -1.72. The number of halogens is 2. The summed E-state index contributed by atoms with van der Waals surface area (Å²) in [5.74, 6) is 0.433. The molecule has 9 heteroatoms. The molecule has 2 N–H and O–H groups in total. The molecule has 3 rings (SSSR count). The molecule has 0 spiro atoms.